The largest absolute Gasteiger partial charge is 0.399 e. The smallest absolute Gasteiger partial charge is 0.264 e. The molecular formula is C14H14F2N2O2S. The maximum absolute atomic E-state index is 13.6. The van der Waals surface area contributed by atoms with E-state index in [1.165, 1.54) is 0 Å². The van der Waals surface area contributed by atoms with Gasteiger partial charge in [0.2, 0.25) is 0 Å². The first-order valence-electron chi connectivity index (χ1n) is 6.05. The molecule has 0 bridgehead atoms. The van der Waals surface area contributed by atoms with Crippen molar-refractivity contribution in [3.05, 3.63) is 53.1 Å². The molecule has 2 aromatic rings. The van der Waals surface area contributed by atoms with Crippen LogP contribution in [0.25, 0.3) is 0 Å². The SMILES string of the molecule is Cc1cc(NS(=O)(=O)c2ccc(F)cc2F)c(C)cc1N. The van der Waals surface area contributed by atoms with Crippen LogP contribution < -0.4 is 10.5 Å². The van der Waals surface area contributed by atoms with Crippen LogP contribution in [0.4, 0.5) is 20.2 Å². The van der Waals surface area contributed by atoms with Gasteiger partial charge in [0.05, 0.1) is 5.69 Å². The number of nitrogen functional groups attached to an aromatic ring is 1. The molecule has 0 saturated carbocycles. The molecule has 0 aliphatic rings. The van der Waals surface area contributed by atoms with E-state index in [0.29, 0.717) is 28.6 Å². The van der Waals surface area contributed by atoms with Gasteiger partial charge >= 0.3 is 0 Å². The van der Waals surface area contributed by atoms with Crippen LogP contribution in [0.15, 0.2) is 35.2 Å². The number of hydrogen-bond donors (Lipinski definition) is 2. The average Bonchev–Trinajstić information content (AvgIpc) is 2.35. The highest BCUT2D eigenvalue weighted by Gasteiger charge is 2.20. The van der Waals surface area contributed by atoms with Gasteiger partial charge in [0.15, 0.2) is 0 Å². The summed E-state index contributed by atoms with van der Waals surface area (Å²) < 4.78 is 53.1. The molecule has 0 aromatic heterocycles. The predicted octanol–water partition coefficient (Wildman–Crippen LogP) is 2.96. The number of nitrogens with two attached hydrogens (primary N) is 1. The van der Waals surface area contributed by atoms with Gasteiger partial charge in [0.1, 0.15) is 16.5 Å². The second-order valence-corrected chi connectivity index (χ2v) is 6.35. The third-order valence-electron chi connectivity index (χ3n) is 3.04. The second-order valence-electron chi connectivity index (χ2n) is 4.70. The Bertz CT molecular complexity index is 805. The summed E-state index contributed by atoms with van der Waals surface area (Å²) in [5.41, 5.74) is 7.85. The molecule has 21 heavy (non-hydrogen) atoms. The standard InChI is InChI=1S/C14H14F2N2O2S/c1-8-6-13(9(2)5-12(8)17)18-21(19,20)14-4-3-10(15)7-11(14)16/h3-7,18H,17H2,1-2H3. The summed E-state index contributed by atoms with van der Waals surface area (Å²) in [6.07, 6.45) is 0. The summed E-state index contributed by atoms with van der Waals surface area (Å²) in [6.45, 7) is 3.40. The van der Waals surface area contributed by atoms with Gasteiger partial charge in [-0.2, -0.15) is 0 Å². The number of halogens is 2. The monoisotopic (exact) mass is 312 g/mol. The molecule has 7 heteroatoms. The lowest BCUT2D eigenvalue weighted by atomic mass is 10.1. The number of benzene rings is 2. The summed E-state index contributed by atoms with van der Waals surface area (Å²) in [6, 6.07) is 5.47. The average molecular weight is 312 g/mol. The summed E-state index contributed by atoms with van der Waals surface area (Å²) in [4.78, 5) is -0.613. The van der Waals surface area contributed by atoms with Crippen molar-refractivity contribution in [3.8, 4) is 0 Å². The van der Waals surface area contributed by atoms with Crippen molar-refractivity contribution in [2.45, 2.75) is 18.7 Å². The number of hydrogen-bond acceptors (Lipinski definition) is 3. The highest BCUT2D eigenvalue weighted by molar-refractivity contribution is 7.92. The Hall–Kier alpha value is -2.15. The molecule has 4 nitrogen and oxygen atoms in total. The highest BCUT2D eigenvalue weighted by atomic mass is 32.2. The zero-order valence-corrected chi connectivity index (χ0v) is 12.3. The first-order valence-corrected chi connectivity index (χ1v) is 7.53. The molecule has 2 aromatic carbocycles. The minimum Gasteiger partial charge on any atom is -0.399 e. The van der Waals surface area contributed by atoms with E-state index in [9.17, 15) is 17.2 Å². The molecule has 0 unspecified atom stereocenters. The molecule has 0 atom stereocenters. The molecule has 0 heterocycles. The Balaban J connectivity index is 2.45. The van der Waals surface area contributed by atoms with E-state index >= 15 is 0 Å². The Labute approximate surface area is 121 Å². The number of nitrogens with one attached hydrogen (secondary N) is 1. The van der Waals surface area contributed by atoms with Crippen LogP contribution in [0, 0.1) is 25.5 Å². The fraction of sp³-hybridized carbons (Fsp3) is 0.143. The van der Waals surface area contributed by atoms with E-state index < -0.39 is 26.6 Å². The third-order valence-corrected chi connectivity index (χ3v) is 4.44. The zero-order chi connectivity index (χ0) is 15.8. The summed E-state index contributed by atoms with van der Waals surface area (Å²) in [5, 5.41) is 0. The van der Waals surface area contributed by atoms with Gasteiger partial charge in [0.25, 0.3) is 10.0 Å². The minimum absolute atomic E-state index is 0.297. The van der Waals surface area contributed by atoms with Crippen molar-refractivity contribution in [2.24, 2.45) is 0 Å². The van der Waals surface area contributed by atoms with E-state index in [0.717, 1.165) is 12.1 Å². The summed E-state index contributed by atoms with van der Waals surface area (Å²) in [7, 11) is -4.15. The fourth-order valence-corrected chi connectivity index (χ4v) is 3.02. The molecular weight excluding hydrogens is 298 g/mol. The minimum atomic E-state index is -4.15. The van der Waals surface area contributed by atoms with Crippen molar-refractivity contribution in [1.29, 1.82) is 0 Å². The topological polar surface area (TPSA) is 72.2 Å². The molecule has 112 valence electrons. The number of anilines is 2. The van der Waals surface area contributed by atoms with Gasteiger partial charge in [-0.25, -0.2) is 17.2 Å². The maximum Gasteiger partial charge on any atom is 0.264 e. The molecule has 0 spiro atoms. The summed E-state index contributed by atoms with van der Waals surface area (Å²) in [5.74, 6) is -1.99. The van der Waals surface area contributed by atoms with Crippen LogP contribution in [-0.4, -0.2) is 8.42 Å². The lowest BCUT2D eigenvalue weighted by Crippen LogP contribution is -2.15. The van der Waals surface area contributed by atoms with Gasteiger partial charge in [0, 0.05) is 11.8 Å². The Morgan fingerprint density at radius 1 is 1.05 bits per heavy atom. The van der Waals surface area contributed by atoms with E-state index in [1.807, 2.05) is 0 Å². The predicted molar refractivity (Wildman–Crippen MR) is 77.5 cm³/mol. The number of sulfonamides is 1. The van der Waals surface area contributed by atoms with Crippen molar-refractivity contribution in [2.75, 3.05) is 10.5 Å². The summed E-state index contributed by atoms with van der Waals surface area (Å²) >= 11 is 0. The lowest BCUT2D eigenvalue weighted by Gasteiger charge is -2.13. The Kier molecular flexibility index (Phi) is 3.87. The first kappa shape index (κ1) is 15.2. The normalized spacial score (nSPS) is 11.4. The van der Waals surface area contributed by atoms with Gasteiger partial charge in [-0.05, 0) is 49.2 Å². The van der Waals surface area contributed by atoms with Crippen molar-refractivity contribution >= 4 is 21.4 Å². The first-order chi connectivity index (χ1) is 9.70. The molecule has 3 N–H and O–H groups in total. The van der Waals surface area contributed by atoms with Crippen LogP contribution >= 0.6 is 0 Å². The van der Waals surface area contributed by atoms with Crippen LogP contribution in [0.5, 0.6) is 0 Å². The molecule has 0 radical (unpaired) electrons. The Morgan fingerprint density at radius 3 is 2.33 bits per heavy atom. The van der Waals surface area contributed by atoms with Crippen molar-refractivity contribution < 1.29 is 17.2 Å². The molecule has 0 aliphatic carbocycles. The van der Waals surface area contributed by atoms with Crippen LogP contribution in [0.1, 0.15) is 11.1 Å². The van der Waals surface area contributed by atoms with Gasteiger partial charge in [-0.15, -0.1) is 0 Å². The van der Waals surface area contributed by atoms with Crippen LogP contribution in [-0.2, 0) is 10.0 Å². The Morgan fingerprint density at radius 2 is 1.71 bits per heavy atom. The van der Waals surface area contributed by atoms with E-state index in [2.05, 4.69) is 4.72 Å². The van der Waals surface area contributed by atoms with E-state index in [1.54, 1.807) is 26.0 Å². The highest BCUT2D eigenvalue weighted by Crippen LogP contribution is 2.25. The van der Waals surface area contributed by atoms with Crippen LogP contribution in [0.3, 0.4) is 0 Å². The molecule has 2 rings (SSSR count). The van der Waals surface area contributed by atoms with Gasteiger partial charge in [-0.3, -0.25) is 4.72 Å². The van der Waals surface area contributed by atoms with Crippen LogP contribution in [0.2, 0.25) is 0 Å². The molecule has 0 fully saturated rings. The number of rotatable bonds is 3. The molecule has 0 saturated heterocycles. The molecule has 0 aliphatic heterocycles. The van der Waals surface area contributed by atoms with E-state index in [4.69, 9.17) is 5.73 Å². The zero-order valence-electron chi connectivity index (χ0n) is 11.4. The lowest BCUT2D eigenvalue weighted by molar-refractivity contribution is 0.551. The van der Waals surface area contributed by atoms with Crippen molar-refractivity contribution in [3.63, 3.8) is 0 Å². The number of aryl methyl sites for hydroxylation is 2. The third kappa shape index (κ3) is 3.13. The molecule has 0 amide bonds. The van der Waals surface area contributed by atoms with Gasteiger partial charge in [-0.1, -0.05) is 0 Å². The van der Waals surface area contributed by atoms with Gasteiger partial charge < -0.3 is 5.73 Å². The van der Waals surface area contributed by atoms with E-state index in [-0.39, 0.29) is 0 Å². The second kappa shape index (κ2) is 5.33. The quantitative estimate of drug-likeness (QED) is 0.856. The van der Waals surface area contributed by atoms with Crippen molar-refractivity contribution in [1.82, 2.24) is 0 Å². The fourth-order valence-electron chi connectivity index (χ4n) is 1.84. The maximum atomic E-state index is 13.6.